The zero-order valence-corrected chi connectivity index (χ0v) is 12.3. The average molecular weight is 281 g/mol. The third-order valence-corrected chi connectivity index (χ3v) is 0.919. The van der Waals surface area contributed by atoms with E-state index in [9.17, 15) is 0 Å². The zero-order chi connectivity index (χ0) is 15.8. The lowest BCUT2D eigenvalue weighted by atomic mass is 10.7. The molecule has 0 N–H and O–H groups in total. The topological polar surface area (TPSA) is 71.2 Å². The Labute approximate surface area is 123 Å². The molecule has 0 heterocycles. The van der Waals surface area contributed by atoms with Crippen molar-refractivity contribution < 1.29 is 9.59 Å². The van der Waals surface area contributed by atoms with Gasteiger partial charge in [0.25, 0.3) is 0 Å². The van der Waals surface area contributed by atoms with Gasteiger partial charge in [-0.3, -0.25) is 0 Å². The van der Waals surface area contributed by atoms with Crippen LogP contribution >= 0.6 is 0 Å². The van der Waals surface area contributed by atoms with Gasteiger partial charge < -0.3 is 0 Å². The highest BCUT2D eigenvalue weighted by Gasteiger charge is 1.52. The van der Waals surface area contributed by atoms with Gasteiger partial charge in [0.2, 0.25) is 12.2 Å². The molecule has 20 heavy (non-hydrogen) atoms. The second kappa shape index (κ2) is 54.3. The quantitative estimate of drug-likeness (QED) is 0.451. The molecule has 0 aromatic carbocycles. The summed E-state index contributed by atoms with van der Waals surface area (Å²) < 4.78 is 0. The summed E-state index contributed by atoms with van der Waals surface area (Å²) in [5.41, 5.74) is 2.56. The van der Waals surface area contributed by atoms with E-state index in [1.807, 2.05) is 13.8 Å². The highest BCUT2D eigenvalue weighted by Crippen LogP contribution is 1.53. The van der Waals surface area contributed by atoms with Gasteiger partial charge in [-0.2, -0.15) is 0 Å². The molecule has 0 aromatic rings. The molecule has 0 spiro atoms. The summed E-state index contributed by atoms with van der Waals surface area (Å²) in [4.78, 5) is 28.2. The first-order valence-corrected chi connectivity index (χ1v) is 5.72. The summed E-state index contributed by atoms with van der Waals surface area (Å²) in [6, 6.07) is 0. The Bertz CT molecular complexity index is 297. The first-order chi connectivity index (χ1) is 9.16. The van der Waals surface area contributed by atoms with Crippen molar-refractivity contribution in [3.8, 4) is 0 Å². The SMILES string of the molecule is C.C=C=CC.C=C=NCC.CCN=C=O.CCN=C=O. The highest BCUT2D eigenvalue weighted by atomic mass is 16.1. The lowest BCUT2D eigenvalue weighted by molar-refractivity contribution is 0.562. The lowest BCUT2D eigenvalue weighted by Gasteiger charge is -1.61. The molecule has 5 heteroatoms. The average Bonchev–Trinajstić information content (AvgIpc) is 2.43. The molecule has 0 amide bonds. The largest absolute Gasteiger partial charge is 0.244 e. The first-order valence-electron chi connectivity index (χ1n) is 5.72. The molecule has 0 aliphatic heterocycles. The van der Waals surface area contributed by atoms with Gasteiger partial charge in [-0.1, -0.05) is 14.0 Å². The molecule has 114 valence electrons. The predicted octanol–water partition coefficient (Wildman–Crippen LogP) is 3.53. The molecule has 0 aliphatic rings. The van der Waals surface area contributed by atoms with Gasteiger partial charge in [0.05, 0.1) is 0 Å². The molecule has 0 radical (unpaired) electrons. The third-order valence-electron chi connectivity index (χ3n) is 0.919. The molecule has 0 bridgehead atoms. The molecule has 0 fully saturated rings. The van der Waals surface area contributed by atoms with Crippen molar-refractivity contribution in [3.63, 3.8) is 0 Å². The molecule has 0 saturated heterocycles. The Balaban J connectivity index is -0.0000000494. The van der Waals surface area contributed by atoms with Gasteiger partial charge in [-0.05, 0) is 46.2 Å². The van der Waals surface area contributed by atoms with Crippen LogP contribution in [0, 0.1) is 0 Å². The van der Waals surface area contributed by atoms with Gasteiger partial charge in [0.1, 0.15) is 0 Å². The fraction of sp³-hybridized carbons (Fsp3) is 0.533. The van der Waals surface area contributed by atoms with Crippen LogP contribution in [0.4, 0.5) is 0 Å². The number of hydrogen-bond donors (Lipinski definition) is 0. The van der Waals surface area contributed by atoms with Crippen molar-refractivity contribution in [2.75, 3.05) is 19.6 Å². The van der Waals surface area contributed by atoms with E-state index in [1.165, 1.54) is 12.2 Å². The Morgan fingerprint density at radius 1 is 0.900 bits per heavy atom. The van der Waals surface area contributed by atoms with E-state index in [-0.39, 0.29) is 7.43 Å². The molecule has 0 aliphatic carbocycles. The van der Waals surface area contributed by atoms with Crippen LogP contribution in [0.2, 0.25) is 0 Å². The first kappa shape index (κ1) is 30.6. The number of carbonyl (C=O) groups excluding carboxylic acids is 2. The molecule has 0 saturated carbocycles. The van der Waals surface area contributed by atoms with Gasteiger partial charge in [0.15, 0.2) is 0 Å². The van der Waals surface area contributed by atoms with Gasteiger partial charge in [-0.15, -0.1) is 5.73 Å². The van der Waals surface area contributed by atoms with Crippen molar-refractivity contribution in [2.24, 2.45) is 15.0 Å². The molecule has 0 rings (SSSR count). The Hall–Kier alpha value is -2.27. The Morgan fingerprint density at radius 2 is 1.20 bits per heavy atom. The van der Waals surface area contributed by atoms with Crippen LogP contribution in [-0.2, 0) is 9.59 Å². The number of isocyanates is 2. The van der Waals surface area contributed by atoms with Crippen LogP contribution in [0.5, 0.6) is 0 Å². The van der Waals surface area contributed by atoms with E-state index in [2.05, 4.69) is 39.7 Å². The van der Waals surface area contributed by atoms with Gasteiger partial charge in [-0.25, -0.2) is 24.6 Å². The van der Waals surface area contributed by atoms with E-state index in [1.54, 1.807) is 19.9 Å². The fourth-order valence-electron chi connectivity index (χ4n) is 0.241. The second-order valence-corrected chi connectivity index (χ2v) is 2.26. The molecule has 0 aromatic heterocycles. The van der Waals surface area contributed by atoms with Crippen LogP contribution < -0.4 is 0 Å². The third kappa shape index (κ3) is 153. The van der Waals surface area contributed by atoms with Crippen LogP contribution in [-0.4, -0.2) is 37.7 Å². The summed E-state index contributed by atoms with van der Waals surface area (Å²) in [5.74, 6) is 2.39. The number of hydrogen-bond acceptors (Lipinski definition) is 5. The summed E-state index contributed by atoms with van der Waals surface area (Å²) >= 11 is 0. The number of aliphatic imine (C=N–C) groups is 3. The van der Waals surface area contributed by atoms with Gasteiger partial charge >= 0.3 is 0 Å². The number of nitrogens with zero attached hydrogens (tertiary/aromatic N) is 3. The van der Waals surface area contributed by atoms with Crippen LogP contribution in [0.1, 0.15) is 35.1 Å². The van der Waals surface area contributed by atoms with Crippen molar-refractivity contribution >= 4 is 18.0 Å². The predicted molar refractivity (Wildman–Crippen MR) is 87.0 cm³/mol. The van der Waals surface area contributed by atoms with E-state index in [0.29, 0.717) is 13.1 Å². The van der Waals surface area contributed by atoms with E-state index in [0.717, 1.165) is 6.54 Å². The minimum Gasteiger partial charge on any atom is -0.244 e. The fourth-order valence-corrected chi connectivity index (χ4v) is 0.241. The lowest BCUT2D eigenvalue weighted by Crippen LogP contribution is -1.58. The number of rotatable bonds is 3. The molecule has 0 unspecified atom stereocenters. The molecular weight excluding hydrogens is 254 g/mol. The summed E-state index contributed by atoms with van der Waals surface area (Å²) in [7, 11) is 0. The van der Waals surface area contributed by atoms with Crippen LogP contribution in [0.25, 0.3) is 0 Å². The molecular formula is C15H27N3O2. The van der Waals surface area contributed by atoms with E-state index < -0.39 is 0 Å². The second-order valence-electron chi connectivity index (χ2n) is 2.26. The minimum atomic E-state index is 0. The number of allylic oxidation sites excluding steroid dienone is 1. The van der Waals surface area contributed by atoms with Crippen molar-refractivity contribution in [1.82, 2.24) is 0 Å². The van der Waals surface area contributed by atoms with E-state index >= 15 is 0 Å². The van der Waals surface area contributed by atoms with Crippen LogP contribution in [0.3, 0.4) is 0 Å². The maximum absolute atomic E-state index is 9.11. The summed E-state index contributed by atoms with van der Waals surface area (Å²) in [5, 5.41) is 0. The van der Waals surface area contributed by atoms with Crippen LogP contribution in [0.15, 0.2) is 39.9 Å². The minimum absolute atomic E-state index is 0. The maximum atomic E-state index is 9.11. The summed E-state index contributed by atoms with van der Waals surface area (Å²) in [6.07, 6.45) is 4.55. The summed E-state index contributed by atoms with van der Waals surface area (Å²) in [6.45, 7) is 15.8. The van der Waals surface area contributed by atoms with Crippen molar-refractivity contribution in [3.05, 3.63) is 25.0 Å². The van der Waals surface area contributed by atoms with Gasteiger partial charge in [0, 0.05) is 19.6 Å². The Kier molecular flexibility index (Phi) is 83.2. The monoisotopic (exact) mass is 281 g/mol. The van der Waals surface area contributed by atoms with Crippen molar-refractivity contribution in [2.45, 2.75) is 35.1 Å². The Morgan fingerprint density at radius 3 is 1.20 bits per heavy atom. The zero-order valence-electron chi connectivity index (χ0n) is 12.3. The standard InChI is InChI=1S/C4H7N.C4H6.2C3H5NO.CH4/c1-3-5-4-2;1-3-4-2;2*1-2-4-3-5;/h1,4H2,2H3;4H,1H2,2H3;2*2H2,1H3;1H4. The van der Waals surface area contributed by atoms with Crippen molar-refractivity contribution in [1.29, 1.82) is 0 Å². The smallest absolute Gasteiger partial charge is 0.234 e. The molecule has 5 nitrogen and oxygen atoms in total. The van der Waals surface area contributed by atoms with E-state index in [4.69, 9.17) is 9.59 Å². The molecule has 0 atom stereocenters. The maximum Gasteiger partial charge on any atom is 0.234 e. The normalized spacial score (nSPS) is 5.20. The highest BCUT2D eigenvalue weighted by molar-refractivity contribution is 5.46.